The number of halogens is 3. The highest BCUT2D eigenvalue weighted by Crippen LogP contribution is 2.27. The molecule has 8 heteroatoms. The van der Waals surface area contributed by atoms with Crippen molar-refractivity contribution in [2.24, 2.45) is 5.92 Å². The number of rotatable bonds is 7. The van der Waals surface area contributed by atoms with Crippen LogP contribution in [0.1, 0.15) is 39.3 Å². The Labute approximate surface area is 127 Å². The van der Waals surface area contributed by atoms with Gasteiger partial charge < -0.3 is 10.1 Å². The fraction of sp³-hybridized carbons (Fsp3) is 0.643. The minimum Gasteiger partial charge on any atom is -0.378 e. The molecule has 0 radical (unpaired) electrons. The fourth-order valence-corrected chi connectivity index (χ4v) is 1.84. The molecule has 1 N–H and O–H groups in total. The monoisotopic (exact) mass is 319 g/mol. The third kappa shape index (κ3) is 6.84. The Morgan fingerprint density at radius 2 is 1.95 bits per heavy atom. The number of hydrogen-bond donors (Lipinski definition) is 1. The van der Waals surface area contributed by atoms with E-state index in [0.717, 1.165) is 18.6 Å². The number of nitrogens with zero attached hydrogens (tertiary/aromatic N) is 2. The summed E-state index contributed by atoms with van der Waals surface area (Å²) in [5.41, 5.74) is -1.10. The molecule has 0 aromatic carbocycles. The molecular formula is C14H20F3N3O2. The van der Waals surface area contributed by atoms with Crippen molar-refractivity contribution < 1.29 is 22.7 Å². The molecule has 0 saturated carbocycles. The molecule has 1 amide bonds. The quantitative estimate of drug-likeness (QED) is 0.838. The summed E-state index contributed by atoms with van der Waals surface area (Å²) in [6, 6.07) is 1.83. The number of aromatic nitrogens is 2. The second-order valence-corrected chi connectivity index (χ2v) is 5.41. The topological polar surface area (TPSA) is 64.1 Å². The summed E-state index contributed by atoms with van der Waals surface area (Å²) in [5, 5.41) is 8.72. The van der Waals surface area contributed by atoms with Gasteiger partial charge in [0.15, 0.2) is 11.5 Å². The smallest absolute Gasteiger partial charge is 0.378 e. The Morgan fingerprint density at radius 1 is 1.27 bits per heavy atom. The summed E-state index contributed by atoms with van der Waals surface area (Å²) in [4.78, 5) is 11.6. The first-order valence-corrected chi connectivity index (χ1v) is 7.01. The molecule has 0 spiro atoms. The van der Waals surface area contributed by atoms with Crippen LogP contribution in [0.4, 0.5) is 19.0 Å². The first-order valence-electron chi connectivity index (χ1n) is 7.01. The molecule has 1 aromatic heterocycles. The van der Waals surface area contributed by atoms with Gasteiger partial charge in [-0.05, 0) is 31.4 Å². The van der Waals surface area contributed by atoms with E-state index in [-0.39, 0.29) is 30.9 Å². The first-order chi connectivity index (χ1) is 10.2. The Bertz CT molecular complexity index is 475. The lowest BCUT2D eigenvalue weighted by Gasteiger charge is -2.14. The van der Waals surface area contributed by atoms with Gasteiger partial charge in [-0.1, -0.05) is 13.8 Å². The summed E-state index contributed by atoms with van der Waals surface area (Å²) >= 11 is 0. The predicted octanol–water partition coefficient (Wildman–Crippen LogP) is 3.28. The zero-order chi connectivity index (χ0) is 16.8. The van der Waals surface area contributed by atoms with Gasteiger partial charge in [0, 0.05) is 0 Å². The Kier molecular flexibility index (Phi) is 6.73. The maximum absolute atomic E-state index is 12.3. The summed E-state index contributed by atoms with van der Waals surface area (Å²) in [6.45, 7) is 6.33. The lowest BCUT2D eigenvalue weighted by atomic mass is 10.1. The van der Waals surface area contributed by atoms with E-state index in [1.807, 2.05) is 6.92 Å². The second-order valence-electron chi connectivity index (χ2n) is 5.41. The summed E-state index contributed by atoms with van der Waals surface area (Å²) in [5.74, 6) is 0.102. The van der Waals surface area contributed by atoms with Gasteiger partial charge in [-0.3, -0.25) is 4.79 Å². The fourth-order valence-electron chi connectivity index (χ4n) is 1.84. The van der Waals surface area contributed by atoms with E-state index in [1.165, 1.54) is 0 Å². The Balaban J connectivity index is 2.36. The second kappa shape index (κ2) is 8.07. The van der Waals surface area contributed by atoms with Crippen LogP contribution in [0.5, 0.6) is 0 Å². The van der Waals surface area contributed by atoms with Gasteiger partial charge >= 0.3 is 6.18 Å². The Morgan fingerprint density at radius 3 is 2.45 bits per heavy atom. The molecule has 0 aliphatic heterocycles. The van der Waals surface area contributed by atoms with Gasteiger partial charge in [0.2, 0.25) is 5.91 Å². The largest absolute Gasteiger partial charge is 0.435 e. The average Bonchev–Trinajstić information content (AvgIpc) is 2.37. The highest BCUT2D eigenvalue weighted by atomic mass is 19.4. The Hall–Kier alpha value is -1.70. The molecule has 0 aliphatic rings. The van der Waals surface area contributed by atoms with Crippen molar-refractivity contribution in [3.05, 3.63) is 17.8 Å². The molecule has 5 nitrogen and oxygen atoms in total. The molecule has 0 unspecified atom stereocenters. The van der Waals surface area contributed by atoms with E-state index in [9.17, 15) is 18.0 Å². The summed E-state index contributed by atoms with van der Waals surface area (Å²) < 4.78 is 42.4. The van der Waals surface area contributed by atoms with E-state index in [4.69, 9.17) is 4.74 Å². The maximum atomic E-state index is 12.3. The summed E-state index contributed by atoms with van der Waals surface area (Å²) in [7, 11) is 0. The lowest BCUT2D eigenvalue weighted by molar-refractivity contribution is -0.141. The molecule has 0 fully saturated rings. The van der Waals surface area contributed by atoms with Crippen molar-refractivity contribution in [1.29, 1.82) is 0 Å². The number of carbonyl (C=O) groups is 1. The average molecular weight is 319 g/mol. The number of alkyl halides is 3. The van der Waals surface area contributed by atoms with E-state index >= 15 is 0 Å². The molecule has 1 heterocycles. The number of anilines is 1. The van der Waals surface area contributed by atoms with Crippen molar-refractivity contribution in [2.75, 3.05) is 11.9 Å². The third-order valence-electron chi connectivity index (χ3n) is 2.76. The number of hydrogen-bond acceptors (Lipinski definition) is 4. The van der Waals surface area contributed by atoms with Crippen molar-refractivity contribution in [1.82, 2.24) is 10.2 Å². The lowest BCUT2D eigenvalue weighted by Crippen LogP contribution is -2.19. The molecule has 0 saturated heterocycles. The molecule has 1 atom stereocenters. The van der Waals surface area contributed by atoms with Crippen molar-refractivity contribution >= 4 is 11.7 Å². The van der Waals surface area contributed by atoms with Crippen LogP contribution in [-0.2, 0) is 15.7 Å². The van der Waals surface area contributed by atoms with Crippen LogP contribution in [0.15, 0.2) is 12.1 Å². The predicted molar refractivity (Wildman–Crippen MR) is 75.1 cm³/mol. The van der Waals surface area contributed by atoms with Crippen LogP contribution in [-0.4, -0.2) is 28.8 Å². The van der Waals surface area contributed by atoms with Gasteiger partial charge in [-0.2, -0.15) is 13.2 Å². The molecule has 124 valence electrons. The highest BCUT2D eigenvalue weighted by Gasteiger charge is 2.32. The van der Waals surface area contributed by atoms with Crippen LogP contribution in [0.25, 0.3) is 0 Å². The van der Waals surface area contributed by atoms with Crippen molar-refractivity contribution in [3.63, 3.8) is 0 Å². The molecule has 0 aliphatic carbocycles. The first kappa shape index (κ1) is 18.3. The minimum absolute atomic E-state index is 0.0202. The minimum atomic E-state index is -4.55. The molecule has 1 rings (SSSR count). The normalized spacial score (nSPS) is 13.2. The number of carbonyl (C=O) groups excluding carboxylic acids is 1. The number of ether oxygens (including phenoxy) is 1. The van der Waals surface area contributed by atoms with E-state index < -0.39 is 11.9 Å². The van der Waals surface area contributed by atoms with Crippen LogP contribution in [0.3, 0.4) is 0 Å². The van der Waals surface area contributed by atoms with E-state index in [2.05, 4.69) is 29.4 Å². The van der Waals surface area contributed by atoms with E-state index in [1.54, 1.807) is 0 Å². The van der Waals surface area contributed by atoms with Gasteiger partial charge in [0.25, 0.3) is 0 Å². The molecular weight excluding hydrogens is 299 g/mol. The SMILES string of the molecule is CC(C)C[C@@H](C)OCCC(=O)Nc1ccc(C(F)(F)F)nn1. The van der Waals surface area contributed by atoms with Crippen LogP contribution >= 0.6 is 0 Å². The van der Waals surface area contributed by atoms with E-state index in [0.29, 0.717) is 5.92 Å². The van der Waals surface area contributed by atoms with Gasteiger partial charge in [-0.15, -0.1) is 10.2 Å². The van der Waals surface area contributed by atoms with Gasteiger partial charge in [-0.25, -0.2) is 0 Å². The highest BCUT2D eigenvalue weighted by molar-refractivity contribution is 5.89. The summed E-state index contributed by atoms with van der Waals surface area (Å²) in [6.07, 6.45) is -3.49. The molecule has 0 bridgehead atoms. The van der Waals surface area contributed by atoms with Crippen LogP contribution < -0.4 is 5.32 Å². The van der Waals surface area contributed by atoms with Crippen LogP contribution in [0, 0.1) is 5.92 Å². The maximum Gasteiger partial charge on any atom is 0.435 e. The molecule has 1 aromatic rings. The van der Waals surface area contributed by atoms with Crippen LogP contribution in [0.2, 0.25) is 0 Å². The van der Waals surface area contributed by atoms with Gasteiger partial charge in [0.05, 0.1) is 19.1 Å². The van der Waals surface area contributed by atoms with Crippen molar-refractivity contribution in [3.8, 4) is 0 Å². The zero-order valence-corrected chi connectivity index (χ0v) is 12.8. The third-order valence-corrected chi connectivity index (χ3v) is 2.76. The van der Waals surface area contributed by atoms with Gasteiger partial charge in [0.1, 0.15) is 0 Å². The molecule has 22 heavy (non-hydrogen) atoms. The number of nitrogens with one attached hydrogen (secondary N) is 1. The number of amides is 1. The zero-order valence-electron chi connectivity index (χ0n) is 12.8. The standard InChI is InChI=1S/C14H20F3N3O2/c1-9(2)8-10(3)22-7-6-13(21)18-12-5-4-11(19-20-12)14(15,16)17/h4-5,9-10H,6-8H2,1-3H3,(H,18,20,21)/t10-/m1/s1. The van der Waals surface area contributed by atoms with Crippen molar-refractivity contribution in [2.45, 2.75) is 45.9 Å².